The van der Waals surface area contributed by atoms with Gasteiger partial charge in [0.15, 0.2) is 0 Å². The van der Waals surface area contributed by atoms with E-state index in [1.807, 2.05) is 6.07 Å². The molecule has 0 aliphatic carbocycles. The van der Waals surface area contributed by atoms with E-state index < -0.39 is 0 Å². The molecule has 0 saturated carbocycles. The van der Waals surface area contributed by atoms with Crippen LogP contribution in [0.5, 0.6) is 0 Å². The molecule has 0 radical (unpaired) electrons. The van der Waals surface area contributed by atoms with Crippen LogP contribution in [-0.4, -0.2) is 29.9 Å². The van der Waals surface area contributed by atoms with E-state index in [0.29, 0.717) is 10.5 Å². The number of fused-ring (bicyclic) bond motifs is 1. The quantitative estimate of drug-likeness (QED) is 0.798. The van der Waals surface area contributed by atoms with Gasteiger partial charge in [-0.1, -0.05) is 11.6 Å². The summed E-state index contributed by atoms with van der Waals surface area (Å²) in [5.74, 6) is -0.620. The zero-order chi connectivity index (χ0) is 13.4. The fourth-order valence-electron chi connectivity index (χ4n) is 2.19. The van der Waals surface area contributed by atoms with E-state index in [0.717, 1.165) is 11.1 Å². The molecular weight excluding hydrogens is 266 g/mol. The Balaban J connectivity index is 2.12. The molecule has 3 rings (SSSR count). The van der Waals surface area contributed by atoms with Crippen molar-refractivity contribution >= 4 is 40.0 Å². The van der Waals surface area contributed by atoms with Crippen molar-refractivity contribution in [2.24, 2.45) is 0 Å². The van der Waals surface area contributed by atoms with Gasteiger partial charge in [-0.15, -0.1) is 0 Å². The van der Waals surface area contributed by atoms with Crippen LogP contribution in [0.3, 0.4) is 0 Å². The van der Waals surface area contributed by atoms with Crippen molar-refractivity contribution in [2.45, 2.75) is 0 Å². The zero-order valence-corrected chi connectivity index (χ0v) is 10.6. The monoisotopic (exact) mass is 275 g/mol. The number of pyridine rings is 1. The van der Waals surface area contributed by atoms with E-state index in [2.05, 4.69) is 10.3 Å². The number of benzene rings is 1. The van der Waals surface area contributed by atoms with Gasteiger partial charge in [-0.25, -0.2) is 0 Å². The Bertz CT molecular complexity index is 671. The van der Waals surface area contributed by atoms with Gasteiger partial charge in [0, 0.05) is 11.6 Å². The molecule has 2 amide bonds. The summed E-state index contributed by atoms with van der Waals surface area (Å²) in [6, 6.07) is 7.19. The fraction of sp³-hybridized carbons (Fsp3) is 0.154. The summed E-state index contributed by atoms with van der Waals surface area (Å²) < 4.78 is 0. The SMILES string of the molecule is O=C1CN(c2ccc(Cl)c3cccnc23)CC(=O)N1. The van der Waals surface area contributed by atoms with Crippen LogP contribution in [0.25, 0.3) is 10.9 Å². The number of halogens is 1. The van der Waals surface area contributed by atoms with Gasteiger partial charge < -0.3 is 4.90 Å². The smallest absolute Gasteiger partial charge is 0.246 e. The van der Waals surface area contributed by atoms with Gasteiger partial charge in [0.25, 0.3) is 0 Å². The summed E-state index contributed by atoms with van der Waals surface area (Å²) in [6.07, 6.45) is 1.66. The predicted molar refractivity (Wildman–Crippen MR) is 72.1 cm³/mol. The third-order valence-corrected chi connectivity index (χ3v) is 3.31. The molecule has 5 nitrogen and oxygen atoms in total. The Morgan fingerprint density at radius 3 is 2.63 bits per heavy atom. The van der Waals surface area contributed by atoms with Gasteiger partial charge in [-0.2, -0.15) is 0 Å². The number of carbonyl (C=O) groups is 2. The van der Waals surface area contributed by atoms with E-state index in [1.54, 1.807) is 29.3 Å². The minimum Gasteiger partial charge on any atom is -0.351 e. The molecule has 96 valence electrons. The fourth-order valence-corrected chi connectivity index (χ4v) is 2.40. The first kappa shape index (κ1) is 11.9. The second-order valence-electron chi connectivity index (χ2n) is 4.29. The molecule has 1 aliphatic rings. The van der Waals surface area contributed by atoms with E-state index in [1.165, 1.54) is 0 Å². The van der Waals surface area contributed by atoms with Crippen molar-refractivity contribution in [1.82, 2.24) is 10.3 Å². The van der Waals surface area contributed by atoms with Gasteiger partial charge in [-0.3, -0.25) is 19.9 Å². The molecule has 19 heavy (non-hydrogen) atoms. The number of nitrogens with one attached hydrogen (secondary N) is 1. The Kier molecular flexibility index (Phi) is 2.83. The van der Waals surface area contributed by atoms with Crippen LogP contribution >= 0.6 is 11.6 Å². The maximum absolute atomic E-state index is 11.4. The van der Waals surface area contributed by atoms with Crippen molar-refractivity contribution in [3.05, 3.63) is 35.5 Å². The minimum atomic E-state index is -0.310. The number of nitrogens with zero attached hydrogens (tertiary/aromatic N) is 2. The molecule has 6 heteroatoms. The largest absolute Gasteiger partial charge is 0.351 e. The molecule has 0 unspecified atom stereocenters. The van der Waals surface area contributed by atoms with E-state index >= 15 is 0 Å². The van der Waals surface area contributed by atoms with Crippen LogP contribution in [-0.2, 0) is 9.59 Å². The standard InChI is InChI=1S/C13H10ClN3O2/c14-9-3-4-10(13-8(9)2-1-5-15-13)17-6-11(18)16-12(19)7-17/h1-5H,6-7H2,(H,16,18,19). The lowest BCUT2D eigenvalue weighted by molar-refractivity contribution is -0.130. The Labute approximate surface area is 114 Å². The lowest BCUT2D eigenvalue weighted by atomic mass is 10.1. The maximum atomic E-state index is 11.4. The second kappa shape index (κ2) is 4.51. The van der Waals surface area contributed by atoms with Crippen LogP contribution in [0.4, 0.5) is 5.69 Å². The van der Waals surface area contributed by atoms with E-state index in [-0.39, 0.29) is 24.9 Å². The van der Waals surface area contributed by atoms with Crippen LogP contribution in [0, 0.1) is 0 Å². The molecule has 2 aromatic rings. The lowest BCUT2D eigenvalue weighted by Gasteiger charge is -2.28. The number of carbonyl (C=O) groups excluding carboxylic acids is 2. The van der Waals surface area contributed by atoms with Crippen LogP contribution in [0.2, 0.25) is 5.02 Å². The van der Waals surface area contributed by atoms with E-state index in [4.69, 9.17) is 11.6 Å². The van der Waals surface area contributed by atoms with Crippen LogP contribution in [0.1, 0.15) is 0 Å². The van der Waals surface area contributed by atoms with Crippen molar-refractivity contribution in [3.63, 3.8) is 0 Å². The van der Waals surface area contributed by atoms with Crippen LogP contribution in [0.15, 0.2) is 30.5 Å². The molecule has 0 spiro atoms. The first-order valence-electron chi connectivity index (χ1n) is 5.76. The molecule has 1 fully saturated rings. The third kappa shape index (κ3) is 2.13. The summed E-state index contributed by atoms with van der Waals surface area (Å²) in [6.45, 7) is 0.276. The maximum Gasteiger partial charge on any atom is 0.246 e. The third-order valence-electron chi connectivity index (χ3n) is 2.98. The van der Waals surface area contributed by atoms with Gasteiger partial charge in [0.05, 0.1) is 29.3 Å². The minimum absolute atomic E-state index is 0.138. The van der Waals surface area contributed by atoms with Gasteiger partial charge in [0.2, 0.25) is 11.8 Å². The van der Waals surface area contributed by atoms with E-state index in [9.17, 15) is 9.59 Å². The number of rotatable bonds is 1. The molecular formula is C13H10ClN3O2. The predicted octanol–water partition coefficient (Wildman–Crippen LogP) is 1.35. The van der Waals surface area contributed by atoms with Crippen molar-refractivity contribution in [1.29, 1.82) is 0 Å². The number of amides is 2. The first-order valence-corrected chi connectivity index (χ1v) is 6.14. The number of imide groups is 1. The van der Waals surface area contributed by atoms with Crippen molar-refractivity contribution in [2.75, 3.05) is 18.0 Å². The Morgan fingerprint density at radius 2 is 1.89 bits per heavy atom. The van der Waals surface area contributed by atoms with Crippen LogP contribution < -0.4 is 10.2 Å². The number of hydrogen-bond donors (Lipinski definition) is 1. The number of piperazine rings is 1. The molecule has 1 aliphatic heterocycles. The number of hydrogen-bond acceptors (Lipinski definition) is 4. The molecule has 0 atom stereocenters. The highest BCUT2D eigenvalue weighted by atomic mass is 35.5. The average Bonchev–Trinajstić information content (AvgIpc) is 2.38. The molecule has 2 heterocycles. The summed E-state index contributed by atoms with van der Waals surface area (Å²) in [5, 5.41) is 3.67. The molecule has 1 saturated heterocycles. The highest BCUT2D eigenvalue weighted by molar-refractivity contribution is 6.35. The summed E-state index contributed by atoms with van der Waals surface area (Å²) >= 11 is 6.12. The van der Waals surface area contributed by atoms with Gasteiger partial charge in [-0.05, 0) is 24.3 Å². The molecule has 0 bridgehead atoms. The molecule has 1 aromatic heterocycles. The summed E-state index contributed by atoms with van der Waals surface area (Å²) in [7, 11) is 0. The van der Waals surface area contributed by atoms with Crippen molar-refractivity contribution in [3.8, 4) is 0 Å². The van der Waals surface area contributed by atoms with Gasteiger partial charge in [0.1, 0.15) is 0 Å². The summed E-state index contributed by atoms with van der Waals surface area (Å²) in [4.78, 5) is 28.9. The highest BCUT2D eigenvalue weighted by Crippen LogP contribution is 2.30. The zero-order valence-electron chi connectivity index (χ0n) is 9.89. The average molecular weight is 276 g/mol. The number of aromatic nitrogens is 1. The second-order valence-corrected chi connectivity index (χ2v) is 4.70. The molecule has 1 aromatic carbocycles. The van der Waals surface area contributed by atoms with Crippen molar-refractivity contribution < 1.29 is 9.59 Å². The Hall–Kier alpha value is -2.14. The summed E-state index contributed by atoms with van der Waals surface area (Å²) in [5.41, 5.74) is 1.43. The molecule has 1 N–H and O–H groups in total. The first-order chi connectivity index (χ1) is 9.15. The van der Waals surface area contributed by atoms with Gasteiger partial charge >= 0.3 is 0 Å². The topological polar surface area (TPSA) is 62.3 Å². The highest BCUT2D eigenvalue weighted by Gasteiger charge is 2.24. The number of anilines is 1. The Morgan fingerprint density at radius 1 is 1.16 bits per heavy atom. The normalized spacial score (nSPS) is 15.7. The lowest BCUT2D eigenvalue weighted by Crippen LogP contribution is -2.51.